The Morgan fingerprint density at radius 2 is 1.59 bits per heavy atom. The van der Waals surface area contributed by atoms with Crippen LogP contribution in [0.25, 0.3) is 0 Å². The van der Waals surface area contributed by atoms with Gasteiger partial charge >= 0.3 is 0 Å². The van der Waals surface area contributed by atoms with Gasteiger partial charge in [-0.2, -0.15) is 0 Å². The summed E-state index contributed by atoms with van der Waals surface area (Å²) in [5.41, 5.74) is -0.0265. The van der Waals surface area contributed by atoms with Gasteiger partial charge in [0.2, 0.25) is 9.04 Å². The van der Waals surface area contributed by atoms with Crippen molar-refractivity contribution in [3.63, 3.8) is 0 Å². The molecule has 2 saturated heterocycles. The molecule has 213 valence electrons. The zero-order valence-corrected chi connectivity index (χ0v) is 25.3. The molecule has 37 heavy (non-hydrogen) atoms. The molecule has 6 nitrogen and oxygen atoms in total. The highest BCUT2D eigenvalue weighted by atomic mass is 28.3. The summed E-state index contributed by atoms with van der Waals surface area (Å²) in [7, 11) is -0.917. The fourth-order valence-corrected chi connectivity index (χ4v) is 7.09. The molecule has 2 aliphatic heterocycles. The van der Waals surface area contributed by atoms with Gasteiger partial charge in [0.15, 0.2) is 12.6 Å². The normalized spacial score (nSPS) is 32.3. The highest BCUT2D eigenvalue weighted by molar-refractivity contribution is 6.48. The molecule has 7 heteroatoms. The average molecular weight is 538 g/mol. The van der Waals surface area contributed by atoms with Crippen LogP contribution in [0.3, 0.4) is 0 Å². The molecule has 0 aromatic heterocycles. The minimum Gasteiger partial charge on any atom is -0.413 e. The topological polar surface area (TPSA) is 63.2 Å². The quantitative estimate of drug-likeness (QED) is 0.146. The van der Waals surface area contributed by atoms with E-state index in [9.17, 15) is 4.79 Å². The number of carbonyl (C=O) groups is 1. The maximum absolute atomic E-state index is 11.3. The molecule has 2 heterocycles. The number of unbranched alkanes of at least 4 members (excludes halogenated alkanes) is 1. The molecular formula is C30H53O6Si. The molecule has 1 radical (unpaired) electrons. The van der Waals surface area contributed by atoms with E-state index in [1.165, 1.54) is 0 Å². The molecule has 3 fully saturated rings. The summed E-state index contributed by atoms with van der Waals surface area (Å²) in [5.74, 6) is 0.742. The summed E-state index contributed by atoms with van der Waals surface area (Å²) in [6.07, 6.45) is 15.1. The number of ketones is 1. The van der Waals surface area contributed by atoms with Crippen molar-refractivity contribution in [2.45, 2.75) is 142 Å². The molecule has 7 atom stereocenters. The van der Waals surface area contributed by atoms with E-state index in [0.29, 0.717) is 6.42 Å². The Kier molecular flexibility index (Phi) is 12.8. The smallest absolute Gasteiger partial charge is 0.205 e. The van der Waals surface area contributed by atoms with Gasteiger partial charge in [-0.05, 0) is 89.1 Å². The maximum atomic E-state index is 11.3. The molecule has 3 rings (SSSR count). The second kappa shape index (κ2) is 15.3. The Morgan fingerprint density at radius 3 is 2.11 bits per heavy atom. The van der Waals surface area contributed by atoms with Crippen LogP contribution in [-0.2, 0) is 28.2 Å². The third kappa shape index (κ3) is 10.2. The zero-order valence-electron chi connectivity index (χ0n) is 24.3. The summed E-state index contributed by atoms with van der Waals surface area (Å²) in [5, 5.41) is 0. The number of hydrogen-bond acceptors (Lipinski definition) is 6. The number of allylic oxidation sites excluding steroid dienone is 2. The minimum atomic E-state index is -0.917. The van der Waals surface area contributed by atoms with Gasteiger partial charge in [0, 0.05) is 32.0 Å². The highest BCUT2D eigenvalue weighted by Crippen LogP contribution is 2.47. The molecule has 0 spiro atoms. The van der Waals surface area contributed by atoms with Crippen LogP contribution in [0.1, 0.15) is 98.3 Å². The summed E-state index contributed by atoms with van der Waals surface area (Å²) in [6, 6.07) is 0. The van der Waals surface area contributed by atoms with E-state index in [0.717, 1.165) is 77.4 Å². The number of carbonyl (C=O) groups excluding carboxylic acids is 1. The zero-order chi connectivity index (χ0) is 26.8. The summed E-state index contributed by atoms with van der Waals surface area (Å²) in [6.45, 7) is 14.6. The number of ether oxygens (including phenoxy) is 4. The molecule has 0 N–H and O–H groups in total. The summed E-state index contributed by atoms with van der Waals surface area (Å²) < 4.78 is 32.3. The van der Waals surface area contributed by atoms with E-state index in [2.05, 4.69) is 46.0 Å². The van der Waals surface area contributed by atoms with Crippen LogP contribution >= 0.6 is 0 Å². The van der Waals surface area contributed by atoms with Crippen molar-refractivity contribution >= 4 is 14.8 Å². The molecule has 0 aromatic carbocycles. The van der Waals surface area contributed by atoms with Crippen LogP contribution in [0.15, 0.2) is 12.2 Å². The summed E-state index contributed by atoms with van der Waals surface area (Å²) in [4.78, 5) is 11.3. The Hall–Kier alpha value is -0.573. The largest absolute Gasteiger partial charge is 0.413 e. The van der Waals surface area contributed by atoms with E-state index >= 15 is 0 Å². The van der Waals surface area contributed by atoms with Gasteiger partial charge in [-0.1, -0.05) is 32.9 Å². The Labute approximate surface area is 227 Å². The predicted octanol–water partition coefficient (Wildman–Crippen LogP) is 6.83. The van der Waals surface area contributed by atoms with E-state index in [1.54, 1.807) is 6.92 Å². The summed E-state index contributed by atoms with van der Waals surface area (Å²) >= 11 is 0. The monoisotopic (exact) mass is 537 g/mol. The maximum Gasteiger partial charge on any atom is 0.205 e. The van der Waals surface area contributed by atoms with E-state index in [-0.39, 0.29) is 53.9 Å². The van der Waals surface area contributed by atoms with Crippen LogP contribution in [0.2, 0.25) is 13.1 Å². The average Bonchev–Trinajstić information content (AvgIpc) is 3.15. The standard InChI is InChI=1S/C30H53O6Si/c1-22(31)15-9-7-8-10-16-23-24(34-26-17-11-13-19-32-26)21-25(35-27-18-12-14-20-33-27)28(23)29(30(2,3)4)36-37(5)6/h8,10,23-29H,7,9,11-21H2,1-6H3/b10-8-/t23-,24-,25+,26?,27?,28-,29?/m0/s1. The first-order chi connectivity index (χ1) is 17.6. The molecule has 3 unspecified atom stereocenters. The first-order valence-electron chi connectivity index (χ1n) is 14.8. The van der Waals surface area contributed by atoms with Crippen LogP contribution in [0.5, 0.6) is 0 Å². The van der Waals surface area contributed by atoms with Gasteiger partial charge in [-0.25, -0.2) is 0 Å². The van der Waals surface area contributed by atoms with Gasteiger partial charge < -0.3 is 28.2 Å². The first-order valence-corrected chi connectivity index (χ1v) is 17.2. The van der Waals surface area contributed by atoms with E-state index in [4.69, 9.17) is 23.4 Å². The van der Waals surface area contributed by atoms with Crippen LogP contribution in [0.4, 0.5) is 0 Å². The fraction of sp³-hybridized carbons (Fsp3) is 0.900. The minimum absolute atomic E-state index is 0.0263. The third-order valence-corrected chi connectivity index (χ3v) is 8.56. The second-order valence-corrected chi connectivity index (χ2v) is 14.6. The lowest BCUT2D eigenvalue weighted by Gasteiger charge is -2.42. The Bertz CT molecular complexity index is 693. The lowest BCUT2D eigenvalue weighted by molar-refractivity contribution is -0.207. The second-order valence-electron chi connectivity index (χ2n) is 12.5. The van der Waals surface area contributed by atoms with E-state index in [1.807, 2.05) is 0 Å². The molecule has 0 aromatic rings. The highest BCUT2D eigenvalue weighted by Gasteiger charge is 2.52. The predicted molar refractivity (Wildman–Crippen MR) is 149 cm³/mol. The van der Waals surface area contributed by atoms with Crippen LogP contribution in [-0.4, -0.2) is 58.9 Å². The van der Waals surface area contributed by atoms with Gasteiger partial charge in [0.25, 0.3) is 0 Å². The van der Waals surface area contributed by atoms with Crippen molar-refractivity contribution in [3.8, 4) is 0 Å². The van der Waals surface area contributed by atoms with Gasteiger partial charge in [-0.3, -0.25) is 0 Å². The molecular weight excluding hydrogens is 484 g/mol. The fourth-order valence-electron chi connectivity index (χ4n) is 6.07. The van der Waals surface area contributed by atoms with Crippen molar-refractivity contribution in [1.82, 2.24) is 0 Å². The van der Waals surface area contributed by atoms with Crippen molar-refractivity contribution in [1.29, 1.82) is 0 Å². The molecule has 1 saturated carbocycles. The van der Waals surface area contributed by atoms with E-state index < -0.39 is 9.04 Å². The van der Waals surface area contributed by atoms with Crippen LogP contribution < -0.4 is 0 Å². The van der Waals surface area contributed by atoms with Crippen LogP contribution in [0, 0.1) is 17.3 Å². The lowest BCUT2D eigenvalue weighted by Crippen LogP contribution is -2.47. The molecule has 0 amide bonds. The number of Topliss-reactive ketones (excluding diaryl/α,β-unsaturated/α-hetero) is 1. The van der Waals surface area contributed by atoms with Gasteiger partial charge in [-0.15, -0.1) is 0 Å². The molecule has 1 aliphatic carbocycles. The number of hydrogen-bond donors (Lipinski definition) is 0. The van der Waals surface area contributed by atoms with Gasteiger partial charge in [0.1, 0.15) is 5.78 Å². The molecule has 0 bridgehead atoms. The first kappa shape index (κ1) is 31.0. The van der Waals surface area contributed by atoms with Gasteiger partial charge in [0.05, 0.1) is 18.3 Å². The van der Waals surface area contributed by atoms with Crippen molar-refractivity contribution < 1.29 is 28.2 Å². The van der Waals surface area contributed by atoms with Crippen molar-refractivity contribution in [2.24, 2.45) is 17.3 Å². The number of rotatable bonds is 13. The van der Waals surface area contributed by atoms with Crippen molar-refractivity contribution in [3.05, 3.63) is 12.2 Å². The Balaban J connectivity index is 1.84. The Morgan fingerprint density at radius 1 is 0.973 bits per heavy atom. The third-order valence-electron chi connectivity index (χ3n) is 7.84. The lowest BCUT2D eigenvalue weighted by atomic mass is 9.75. The molecule has 3 aliphatic rings. The SMILES string of the molecule is CC(=O)CCC/C=C\C[C@@H]1[C@H](C(O[Si](C)C)C(C)(C)C)[C@H](OC2CCCCO2)C[C@@H]1OC1CCCCO1. The van der Waals surface area contributed by atoms with Crippen molar-refractivity contribution in [2.75, 3.05) is 13.2 Å².